The Labute approximate surface area is 123 Å². The molecule has 0 aromatic heterocycles. The van der Waals surface area contributed by atoms with Crippen molar-refractivity contribution in [3.05, 3.63) is 35.4 Å². The smallest absolute Gasteiger partial charge is 0.271 e. The number of nitrogens with two attached hydrogens (primary N) is 1. The second-order valence-corrected chi connectivity index (χ2v) is 5.93. The van der Waals surface area contributed by atoms with E-state index < -0.39 is 17.8 Å². The topological polar surface area (TPSA) is 38.0 Å². The van der Waals surface area contributed by atoms with Crippen LogP contribution in [0.4, 0.5) is 13.2 Å². The molecule has 1 fully saturated rings. The van der Waals surface area contributed by atoms with Crippen LogP contribution in [0.2, 0.25) is 0 Å². The zero-order valence-corrected chi connectivity index (χ0v) is 12.3. The molecule has 0 aliphatic heterocycles. The van der Waals surface area contributed by atoms with E-state index in [1.54, 1.807) is 12.1 Å². The highest BCUT2D eigenvalue weighted by molar-refractivity contribution is 5.33. The zero-order chi connectivity index (χ0) is 15.5. The number of hydrogen-bond donors (Lipinski definition) is 2. The van der Waals surface area contributed by atoms with Crippen molar-refractivity contribution >= 4 is 0 Å². The molecule has 1 aromatic carbocycles. The highest BCUT2D eigenvalue weighted by atomic mass is 19.4. The van der Waals surface area contributed by atoms with Crippen molar-refractivity contribution in [3.8, 4) is 0 Å². The molecule has 1 saturated carbocycles. The number of hydrogen-bond acceptors (Lipinski definition) is 2. The molecule has 0 spiro atoms. The average molecular weight is 300 g/mol. The minimum absolute atomic E-state index is 0.164. The first-order valence-electron chi connectivity index (χ1n) is 7.59. The maximum absolute atomic E-state index is 13.2. The van der Waals surface area contributed by atoms with Crippen LogP contribution in [0.3, 0.4) is 0 Å². The van der Waals surface area contributed by atoms with Crippen molar-refractivity contribution in [3.63, 3.8) is 0 Å². The van der Waals surface area contributed by atoms with Crippen molar-refractivity contribution in [1.29, 1.82) is 0 Å². The van der Waals surface area contributed by atoms with Gasteiger partial charge < -0.3 is 0 Å². The van der Waals surface area contributed by atoms with Gasteiger partial charge in [-0.2, -0.15) is 13.2 Å². The highest BCUT2D eigenvalue weighted by Gasteiger charge is 2.37. The van der Waals surface area contributed by atoms with Crippen LogP contribution in [0.25, 0.3) is 0 Å². The summed E-state index contributed by atoms with van der Waals surface area (Å²) in [5.74, 6) is 6.38. The molecule has 1 aromatic rings. The van der Waals surface area contributed by atoms with Gasteiger partial charge in [0.15, 0.2) is 0 Å². The molecule has 3 N–H and O–H groups in total. The fourth-order valence-electron chi connectivity index (χ4n) is 3.51. The minimum atomic E-state index is -4.34. The van der Waals surface area contributed by atoms with Crippen molar-refractivity contribution in [2.45, 2.75) is 51.2 Å². The van der Waals surface area contributed by atoms with Gasteiger partial charge in [-0.1, -0.05) is 44.4 Å². The highest BCUT2D eigenvalue weighted by Crippen LogP contribution is 2.42. The van der Waals surface area contributed by atoms with Crippen LogP contribution in [-0.4, -0.2) is 0 Å². The minimum Gasteiger partial charge on any atom is -0.271 e. The summed E-state index contributed by atoms with van der Waals surface area (Å²) in [6.07, 6.45) is 0.842. The van der Waals surface area contributed by atoms with E-state index >= 15 is 0 Å². The van der Waals surface area contributed by atoms with Crippen LogP contribution in [0.5, 0.6) is 0 Å². The number of hydrazine groups is 1. The first-order chi connectivity index (χ1) is 9.97. The van der Waals surface area contributed by atoms with Crippen molar-refractivity contribution in [1.82, 2.24) is 5.43 Å². The first-order valence-corrected chi connectivity index (χ1v) is 7.59. The fourth-order valence-corrected chi connectivity index (χ4v) is 3.51. The molecule has 3 unspecified atom stereocenters. The molecule has 1 aliphatic carbocycles. The second kappa shape index (κ2) is 6.79. The summed E-state index contributed by atoms with van der Waals surface area (Å²) in [4.78, 5) is 0. The summed E-state index contributed by atoms with van der Waals surface area (Å²) in [7, 11) is 0. The Bertz CT molecular complexity index is 459. The van der Waals surface area contributed by atoms with E-state index in [1.165, 1.54) is 12.5 Å². The summed E-state index contributed by atoms with van der Waals surface area (Å²) in [6, 6.07) is 5.32. The van der Waals surface area contributed by atoms with Crippen LogP contribution in [0, 0.1) is 11.8 Å². The molecule has 5 heteroatoms. The van der Waals surface area contributed by atoms with Gasteiger partial charge in [-0.05, 0) is 36.3 Å². The van der Waals surface area contributed by atoms with E-state index in [1.807, 2.05) is 0 Å². The van der Waals surface area contributed by atoms with Gasteiger partial charge in [0.25, 0.3) is 0 Å². The van der Waals surface area contributed by atoms with Gasteiger partial charge in [-0.3, -0.25) is 11.3 Å². The van der Waals surface area contributed by atoms with E-state index in [2.05, 4.69) is 12.3 Å². The Balaban J connectivity index is 2.29. The fraction of sp³-hybridized carbons (Fsp3) is 0.625. The molecular weight excluding hydrogens is 277 g/mol. The van der Waals surface area contributed by atoms with Crippen LogP contribution in [0.1, 0.15) is 56.2 Å². The van der Waals surface area contributed by atoms with Gasteiger partial charge in [0.2, 0.25) is 0 Å². The summed E-state index contributed by atoms with van der Waals surface area (Å²) in [5, 5.41) is 0. The molecule has 21 heavy (non-hydrogen) atoms. The predicted octanol–water partition coefficient (Wildman–Crippen LogP) is 4.43. The Morgan fingerprint density at radius 2 is 2.00 bits per heavy atom. The lowest BCUT2D eigenvalue weighted by Gasteiger charge is -2.35. The summed E-state index contributed by atoms with van der Waals surface area (Å²) >= 11 is 0. The summed E-state index contributed by atoms with van der Waals surface area (Å²) in [5.41, 5.74) is 2.34. The van der Waals surface area contributed by atoms with Crippen LogP contribution in [-0.2, 0) is 6.18 Å². The van der Waals surface area contributed by atoms with Crippen molar-refractivity contribution in [2.75, 3.05) is 0 Å². The van der Waals surface area contributed by atoms with Gasteiger partial charge >= 0.3 is 6.18 Å². The first kappa shape index (κ1) is 16.3. The lowest BCUT2D eigenvalue weighted by molar-refractivity contribution is -0.138. The summed E-state index contributed by atoms with van der Waals surface area (Å²) < 4.78 is 39.6. The Morgan fingerprint density at radius 3 is 2.62 bits per heavy atom. The van der Waals surface area contributed by atoms with Gasteiger partial charge in [-0.15, -0.1) is 0 Å². The monoisotopic (exact) mass is 300 g/mol. The van der Waals surface area contributed by atoms with Gasteiger partial charge in [0, 0.05) is 6.04 Å². The zero-order valence-electron chi connectivity index (χ0n) is 12.3. The SMILES string of the molecule is CCC1CCCC(C(NN)c2ccccc2C(F)(F)F)C1. The standard InChI is InChI=1S/C16H23F3N2/c1-2-11-6-5-7-12(10-11)15(21-20)13-8-3-4-9-14(13)16(17,18)19/h3-4,8-9,11-12,15,21H,2,5-7,10,20H2,1H3. The second-order valence-electron chi connectivity index (χ2n) is 5.93. The molecule has 118 valence electrons. The van der Waals surface area contributed by atoms with E-state index in [9.17, 15) is 13.2 Å². The van der Waals surface area contributed by atoms with Crippen molar-refractivity contribution in [2.24, 2.45) is 17.7 Å². The molecule has 3 atom stereocenters. The molecule has 1 aliphatic rings. The van der Waals surface area contributed by atoms with E-state index in [-0.39, 0.29) is 11.5 Å². The van der Waals surface area contributed by atoms with Crippen molar-refractivity contribution < 1.29 is 13.2 Å². The van der Waals surface area contributed by atoms with Crippen LogP contribution < -0.4 is 11.3 Å². The van der Waals surface area contributed by atoms with E-state index in [0.29, 0.717) is 5.92 Å². The maximum Gasteiger partial charge on any atom is 0.416 e. The quantitative estimate of drug-likeness (QED) is 0.638. The third-order valence-corrected chi connectivity index (χ3v) is 4.65. The largest absolute Gasteiger partial charge is 0.416 e. The number of rotatable bonds is 4. The Hall–Kier alpha value is -1.07. The average Bonchev–Trinajstić information content (AvgIpc) is 2.48. The number of alkyl halides is 3. The Kier molecular flexibility index (Phi) is 5.27. The van der Waals surface area contributed by atoms with Gasteiger partial charge in [-0.25, -0.2) is 0 Å². The number of nitrogens with one attached hydrogen (secondary N) is 1. The molecular formula is C16H23F3N2. The molecule has 0 heterocycles. The molecule has 2 rings (SSSR count). The van der Waals surface area contributed by atoms with Crippen LogP contribution >= 0.6 is 0 Å². The van der Waals surface area contributed by atoms with Gasteiger partial charge in [0.05, 0.1) is 5.56 Å². The van der Waals surface area contributed by atoms with E-state index in [0.717, 1.165) is 31.7 Å². The Morgan fingerprint density at radius 1 is 1.29 bits per heavy atom. The predicted molar refractivity (Wildman–Crippen MR) is 77.2 cm³/mol. The molecule has 0 amide bonds. The normalized spacial score (nSPS) is 24.8. The molecule has 0 radical (unpaired) electrons. The lowest BCUT2D eigenvalue weighted by Crippen LogP contribution is -2.37. The maximum atomic E-state index is 13.2. The third-order valence-electron chi connectivity index (χ3n) is 4.65. The molecule has 0 saturated heterocycles. The molecule has 0 bridgehead atoms. The third kappa shape index (κ3) is 3.77. The lowest BCUT2D eigenvalue weighted by atomic mass is 9.74. The number of benzene rings is 1. The van der Waals surface area contributed by atoms with Gasteiger partial charge in [0.1, 0.15) is 0 Å². The molecule has 2 nitrogen and oxygen atoms in total. The van der Waals surface area contributed by atoms with Crippen LogP contribution in [0.15, 0.2) is 24.3 Å². The number of halogens is 3. The van der Waals surface area contributed by atoms with E-state index in [4.69, 9.17) is 5.84 Å². The summed E-state index contributed by atoms with van der Waals surface area (Å²) in [6.45, 7) is 2.14.